The minimum absolute atomic E-state index is 0.246. The average Bonchev–Trinajstić information content (AvgIpc) is 3.05. The Labute approximate surface area is 136 Å². The van der Waals surface area contributed by atoms with E-state index in [0.29, 0.717) is 6.42 Å². The summed E-state index contributed by atoms with van der Waals surface area (Å²) in [7, 11) is 1.39. The Morgan fingerprint density at radius 1 is 1.23 bits per heavy atom. The Balaban J connectivity index is 1.94. The first-order valence-corrected chi connectivity index (χ1v) is 8.60. The molecule has 0 amide bonds. The van der Waals surface area contributed by atoms with Crippen molar-refractivity contribution >= 4 is 40.0 Å². The Bertz CT molecular complexity index is 788. The van der Waals surface area contributed by atoms with Crippen molar-refractivity contribution in [2.45, 2.75) is 11.4 Å². The fraction of sp³-hybridized carbons (Fsp3) is 0.188. The van der Waals surface area contributed by atoms with Gasteiger partial charge in [-0.25, -0.2) is 9.97 Å². The SMILES string of the molecule is COC(=O)CSc1nc(Cc2cccs2)nc2ccccc12. The summed E-state index contributed by atoms with van der Waals surface area (Å²) in [5.74, 6) is 0.761. The second-order valence-corrected chi connectivity index (χ2v) is 6.58. The summed E-state index contributed by atoms with van der Waals surface area (Å²) in [6, 6.07) is 11.9. The highest BCUT2D eigenvalue weighted by Gasteiger charge is 2.11. The molecule has 0 saturated heterocycles. The highest BCUT2D eigenvalue weighted by Crippen LogP contribution is 2.26. The molecule has 0 aliphatic rings. The third-order valence-corrected chi connectivity index (χ3v) is 4.92. The third kappa shape index (κ3) is 3.45. The number of ether oxygens (including phenoxy) is 1. The van der Waals surface area contributed by atoms with Crippen LogP contribution in [0.3, 0.4) is 0 Å². The first-order valence-electron chi connectivity index (χ1n) is 6.74. The molecule has 0 unspecified atom stereocenters. The number of esters is 1. The molecule has 3 rings (SSSR count). The lowest BCUT2D eigenvalue weighted by Crippen LogP contribution is -2.04. The van der Waals surface area contributed by atoms with Crippen LogP contribution in [0, 0.1) is 0 Å². The second kappa shape index (κ2) is 6.89. The highest BCUT2D eigenvalue weighted by molar-refractivity contribution is 8.00. The molecule has 0 aliphatic carbocycles. The molecule has 4 nitrogen and oxygen atoms in total. The van der Waals surface area contributed by atoms with Gasteiger partial charge in [0.1, 0.15) is 10.9 Å². The number of benzene rings is 1. The summed E-state index contributed by atoms with van der Waals surface area (Å²) >= 11 is 3.08. The number of aromatic nitrogens is 2. The van der Waals surface area contributed by atoms with Gasteiger partial charge in [0.15, 0.2) is 0 Å². The van der Waals surface area contributed by atoms with Crippen LogP contribution in [0.25, 0.3) is 10.9 Å². The van der Waals surface area contributed by atoms with Gasteiger partial charge in [0.25, 0.3) is 0 Å². The largest absolute Gasteiger partial charge is 0.468 e. The maximum atomic E-state index is 11.4. The molecule has 0 atom stereocenters. The molecular formula is C16H14N2O2S2. The number of rotatable bonds is 5. The molecule has 0 aliphatic heterocycles. The maximum absolute atomic E-state index is 11.4. The van der Waals surface area contributed by atoms with Crippen molar-refractivity contribution in [2.75, 3.05) is 12.9 Å². The van der Waals surface area contributed by atoms with E-state index in [1.807, 2.05) is 35.7 Å². The van der Waals surface area contributed by atoms with Gasteiger partial charge in [-0.2, -0.15) is 0 Å². The van der Waals surface area contributed by atoms with E-state index < -0.39 is 0 Å². The number of carbonyl (C=O) groups excluding carboxylic acids is 1. The molecule has 1 aromatic carbocycles. The zero-order valence-corrected chi connectivity index (χ0v) is 13.6. The summed E-state index contributed by atoms with van der Waals surface area (Å²) < 4.78 is 4.70. The minimum atomic E-state index is -0.257. The molecule has 2 aromatic heterocycles. The summed E-state index contributed by atoms with van der Waals surface area (Å²) in [4.78, 5) is 21.9. The van der Waals surface area contributed by atoms with Crippen LogP contribution >= 0.6 is 23.1 Å². The Hall–Kier alpha value is -1.92. The van der Waals surface area contributed by atoms with Crippen LogP contribution in [0.5, 0.6) is 0 Å². The summed E-state index contributed by atoms with van der Waals surface area (Å²) in [6.07, 6.45) is 0.703. The van der Waals surface area contributed by atoms with E-state index in [0.717, 1.165) is 21.8 Å². The van der Waals surface area contributed by atoms with Crippen molar-refractivity contribution in [1.82, 2.24) is 9.97 Å². The van der Waals surface area contributed by atoms with E-state index >= 15 is 0 Å². The normalized spacial score (nSPS) is 10.8. The molecule has 22 heavy (non-hydrogen) atoms. The highest BCUT2D eigenvalue weighted by atomic mass is 32.2. The average molecular weight is 330 g/mol. The van der Waals surface area contributed by atoms with E-state index in [-0.39, 0.29) is 11.7 Å². The van der Waals surface area contributed by atoms with Gasteiger partial charge in [0.05, 0.1) is 18.4 Å². The number of hydrogen-bond acceptors (Lipinski definition) is 6. The standard InChI is InChI=1S/C16H14N2O2S2/c1-20-15(19)10-22-16-12-6-2-3-7-13(12)17-14(18-16)9-11-5-4-8-21-11/h2-8H,9-10H2,1H3. The van der Waals surface area contributed by atoms with E-state index in [4.69, 9.17) is 4.74 Å². The topological polar surface area (TPSA) is 52.1 Å². The Kier molecular flexibility index (Phi) is 4.70. The predicted molar refractivity (Wildman–Crippen MR) is 89.4 cm³/mol. The first kappa shape index (κ1) is 15.0. The molecule has 2 heterocycles. The molecule has 112 valence electrons. The van der Waals surface area contributed by atoms with Crippen LogP contribution in [0.4, 0.5) is 0 Å². The van der Waals surface area contributed by atoms with Crippen molar-refractivity contribution in [3.8, 4) is 0 Å². The van der Waals surface area contributed by atoms with Crippen LogP contribution in [0.2, 0.25) is 0 Å². The quantitative estimate of drug-likeness (QED) is 0.407. The van der Waals surface area contributed by atoms with E-state index in [1.54, 1.807) is 11.3 Å². The van der Waals surface area contributed by atoms with Crippen LogP contribution in [0.15, 0.2) is 46.8 Å². The molecular weight excluding hydrogens is 316 g/mol. The number of carbonyl (C=O) groups is 1. The molecule has 0 radical (unpaired) electrons. The van der Waals surface area contributed by atoms with Gasteiger partial charge in [0.2, 0.25) is 0 Å². The van der Waals surface area contributed by atoms with E-state index in [9.17, 15) is 4.79 Å². The van der Waals surface area contributed by atoms with Gasteiger partial charge in [-0.1, -0.05) is 36.0 Å². The van der Waals surface area contributed by atoms with Gasteiger partial charge in [-0.15, -0.1) is 11.3 Å². The monoisotopic (exact) mass is 330 g/mol. The van der Waals surface area contributed by atoms with Crippen molar-refractivity contribution in [2.24, 2.45) is 0 Å². The van der Waals surface area contributed by atoms with Crippen molar-refractivity contribution < 1.29 is 9.53 Å². The summed E-state index contributed by atoms with van der Waals surface area (Å²) in [5, 5.41) is 3.83. The molecule has 0 saturated carbocycles. The Morgan fingerprint density at radius 2 is 2.09 bits per heavy atom. The lowest BCUT2D eigenvalue weighted by molar-refractivity contribution is -0.137. The fourth-order valence-electron chi connectivity index (χ4n) is 2.04. The molecule has 0 fully saturated rings. The van der Waals surface area contributed by atoms with Gasteiger partial charge < -0.3 is 4.74 Å². The fourth-order valence-corrected chi connectivity index (χ4v) is 3.61. The van der Waals surface area contributed by atoms with Crippen LogP contribution in [-0.2, 0) is 16.0 Å². The number of thioether (sulfide) groups is 1. The maximum Gasteiger partial charge on any atom is 0.316 e. The molecule has 3 aromatic rings. The smallest absolute Gasteiger partial charge is 0.316 e. The first-order chi connectivity index (χ1) is 10.8. The van der Waals surface area contributed by atoms with Gasteiger partial charge in [-0.3, -0.25) is 4.79 Å². The third-order valence-electron chi connectivity index (χ3n) is 3.08. The zero-order valence-electron chi connectivity index (χ0n) is 12.0. The van der Waals surface area contributed by atoms with Gasteiger partial charge >= 0.3 is 5.97 Å². The summed E-state index contributed by atoms with van der Waals surface area (Å²) in [6.45, 7) is 0. The molecule has 0 N–H and O–H groups in total. The molecule has 6 heteroatoms. The number of thiophene rings is 1. The second-order valence-electron chi connectivity index (χ2n) is 4.58. The van der Waals surface area contributed by atoms with Crippen molar-refractivity contribution in [3.63, 3.8) is 0 Å². The van der Waals surface area contributed by atoms with Crippen LogP contribution in [0.1, 0.15) is 10.7 Å². The zero-order chi connectivity index (χ0) is 15.4. The predicted octanol–water partition coefficient (Wildman–Crippen LogP) is 3.55. The summed E-state index contributed by atoms with van der Waals surface area (Å²) in [5.41, 5.74) is 0.899. The number of fused-ring (bicyclic) bond motifs is 1. The molecule has 0 bridgehead atoms. The lowest BCUT2D eigenvalue weighted by Gasteiger charge is -2.07. The number of methoxy groups -OCH3 is 1. The van der Waals surface area contributed by atoms with E-state index in [1.165, 1.54) is 23.7 Å². The number of nitrogens with zero attached hydrogens (tertiary/aromatic N) is 2. The van der Waals surface area contributed by atoms with E-state index in [2.05, 4.69) is 16.0 Å². The van der Waals surface area contributed by atoms with Crippen LogP contribution < -0.4 is 0 Å². The number of para-hydroxylation sites is 1. The lowest BCUT2D eigenvalue weighted by atomic mass is 10.2. The molecule has 0 spiro atoms. The Morgan fingerprint density at radius 3 is 2.86 bits per heavy atom. The number of hydrogen-bond donors (Lipinski definition) is 0. The minimum Gasteiger partial charge on any atom is -0.468 e. The van der Waals surface area contributed by atoms with Gasteiger partial charge in [0, 0.05) is 16.7 Å². The van der Waals surface area contributed by atoms with Crippen molar-refractivity contribution in [3.05, 3.63) is 52.5 Å². The van der Waals surface area contributed by atoms with Crippen LogP contribution in [-0.4, -0.2) is 28.8 Å². The van der Waals surface area contributed by atoms with Gasteiger partial charge in [-0.05, 0) is 17.5 Å². The van der Waals surface area contributed by atoms with Crippen molar-refractivity contribution in [1.29, 1.82) is 0 Å².